The lowest BCUT2D eigenvalue weighted by Gasteiger charge is -2.22. The van der Waals surface area contributed by atoms with Crippen molar-refractivity contribution in [3.8, 4) is 0 Å². The molecule has 1 unspecified atom stereocenters. The van der Waals surface area contributed by atoms with Gasteiger partial charge in [0, 0.05) is 12.8 Å². The zero-order valence-electron chi connectivity index (χ0n) is 11.1. The van der Waals surface area contributed by atoms with E-state index in [4.69, 9.17) is 21.1 Å². The highest BCUT2D eigenvalue weighted by Gasteiger charge is 2.35. The fraction of sp³-hybridized carbons (Fsp3) is 0.615. The first kappa shape index (κ1) is 14.2. The Morgan fingerprint density at radius 3 is 3.00 bits per heavy atom. The molecule has 19 heavy (non-hydrogen) atoms. The van der Waals surface area contributed by atoms with E-state index in [0.29, 0.717) is 30.3 Å². The second-order valence-corrected chi connectivity index (χ2v) is 4.86. The van der Waals surface area contributed by atoms with E-state index >= 15 is 0 Å². The van der Waals surface area contributed by atoms with Crippen molar-refractivity contribution in [2.75, 3.05) is 13.2 Å². The Bertz CT molecular complexity index is 473. The Labute approximate surface area is 117 Å². The van der Waals surface area contributed by atoms with Crippen LogP contribution < -0.4 is 0 Å². The average molecular weight is 285 g/mol. The molecule has 104 valence electrons. The molecule has 0 amide bonds. The van der Waals surface area contributed by atoms with E-state index in [0.717, 1.165) is 12.8 Å². The first-order chi connectivity index (χ1) is 9.10. The van der Waals surface area contributed by atoms with Gasteiger partial charge in [-0.15, -0.1) is 11.6 Å². The van der Waals surface area contributed by atoms with Gasteiger partial charge in [0.15, 0.2) is 5.82 Å². The average Bonchev–Trinajstić information content (AvgIpc) is 2.86. The summed E-state index contributed by atoms with van der Waals surface area (Å²) >= 11 is 5.86. The smallest absolute Gasteiger partial charge is 0.341 e. The summed E-state index contributed by atoms with van der Waals surface area (Å²) in [5.74, 6) is 0.274. The quantitative estimate of drug-likeness (QED) is 0.628. The first-order valence-corrected chi connectivity index (χ1v) is 6.87. The number of aromatic nitrogens is 2. The van der Waals surface area contributed by atoms with Crippen LogP contribution in [0.1, 0.15) is 48.6 Å². The van der Waals surface area contributed by atoms with Crippen molar-refractivity contribution in [3.05, 3.63) is 23.3 Å². The maximum Gasteiger partial charge on any atom is 0.341 e. The summed E-state index contributed by atoms with van der Waals surface area (Å²) in [5.41, 5.74) is 0.331. The van der Waals surface area contributed by atoms with Crippen molar-refractivity contribution in [2.24, 2.45) is 0 Å². The summed E-state index contributed by atoms with van der Waals surface area (Å²) in [6.45, 7) is 4.72. The topological polar surface area (TPSA) is 61.3 Å². The Morgan fingerprint density at radius 2 is 2.42 bits per heavy atom. The predicted molar refractivity (Wildman–Crippen MR) is 70.1 cm³/mol. The van der Waals surface area contributed by atoms with Crippen LogP contribution in [0.5, 0.6) is 0 Å². The third-order valence-electron chi connectivity index (χ3n) is 3.18. The lowest BCUT2D eigenvalue weighted by molar-refractivity contribution is 0.00902. The molecular weight excluding hydrogens is 268 g/mol. The Hall–Kier alpha value is -1.20. The van der Waals surface area contributed by atoms with Gasteiger partial charge in [-0.3, -0.25) is 0 Å². The lowest BCUT2D eigenvalue weighted by Crippen LogP contribution is -2.25. The Balaban J connectivity index is 2.33. The van der Waals surface area contributed by atoms with Crippen LogP contribution in [-0.2, 0) is 21.0 Å². The molecule has 1 aliphatic heterocycles. The van der Waals surface area contributed by atoms with Crippen LogP contribution in [0.2, 0.25) is 0 Å². The highest BCUT2D eigenvalue weighted by molar-refractivity contribution is 6.17. The summed E-state index contributed by atoms with van der Waals surface area (Å²) < 4.78 is 10.6. The SMILES string of the molecule is CCOC(=O)c1cnc(C2(C)CCCO2)nc1CCl. The summed E-state index contributed by atoms with van der Waals surface area (Å²) in [6, 6.07) is 0. The monoisotopic (exact) mass is 284 g/mol. The molecule has 1 aromatic rings. The van der Waals surface area contributed by atoms with E-state index in [9.17, 15) is 4.79 Å². The van der Waals surface area contributed by atoms with Gasteiger partial charge in [-0.25, -0.2) is 14.8 Å². The number of halogens is 1. The molecule has 1 atom stereocenters. The number of alkyl halides is 1. The van der Waals surface area contributed by atoms with E-state index < -0.39 is 11.6 Å². The van der Waals surface area contributed by atoms with E-state index in [1.54, 1.807) is 6.92 Å². The highest BCUT2D eigenvalue weighted by atomic mass is 35.5. The number of esters is 1. The van der Waals surface area contributed by atoms with E-state index in [2.05, 4.69) is 9.97 Å². The van der Waals surface area contributed by atoms with Crippen LogP contribution in [0.25, 0.3) is 0 Å². The van der Waals surface area contributed by atoms with Gasteiger partial charge in [0.1, 0.15) is 11.2 Å². The van der Waals surface area contributed by atoms with Gasteiger partial charge in [-0.05, 0) is 26.7 Å². The van der Waals surface area contributed by atoms with E-state index in [-0.39, 0.29) is 5.88 Å². The molecule has 5 nitrogen and oxygen atoms in total. The molecule has 1 fully saturated rings. The Morgan fingerprint density at radius 1 is 1.63 bits per heavy atom. The molecule has 2 heterocycles. The van der Waals surface area contributed by atoms with Crippen molar-refractivity contribution in [1.29, 1.82) is 0 Å². The molecule has 1 aliphatic rings. The lowest BCUT2D eigenvalue weighted by atomic mass is 10.0. The molecule has 0 aliphatic carbocycles. The molecule has 0 bridgehead atoms. The number of carbonyl (C=O) groups excluding carboxylic acids is 1. The molecule has 1 saturated heterocycles. The van der Waals surface area contributed by atoms with Crippen LogP contribution in [-0.4, -0.2) is 29.2 Å². The minimum atomic E-state index is -0.478. The molecule has 2 rings (SSSR count). The minimum Gasteiger partial charge on any atom is -0.462 e. The van der Waals surface area contributed by atoms with Crippen molar-refractivity contribution in [2.45, 2.75) is 38.2 Å². The second-order valence-electron chi connectivity index (χ2n) is 4.59. The number of rotatable bonds is 4. The number of hydrogen-bond donors (Lipinski definition) is 0. The second kappa shape index (κ2) is 5.84. The van der Waals surface area contributed by atoms with Gasteiger partial charge in [0.25, 0.3) is 0 Å². The van der Waals surface area contributed by atoms with Crippen LogP contribution in [0.15, 0.2) is 6.20 Å². The van der Waals surface area contributed by atoms with Crippen molar-refractivity contribution in [3.63, 3.8) is 0 Å². The molecular formula is C13H17ClN2O3. The molecule has 0 N–H and O–H groups in total. The van der Waals surface area contributed by atoms with E-state index in [1.165, 1.54) is 6.20 Å². The molecule has 1 aromatic heterocycles. The van der Waals surface area contributed by atoms with E-state index in [1.807, 2.05) is 6.92 Å². The van der Waals surface area contributed by atoms with Crippen LogP contribution in [0.4, 0.5) is 0 Å². The van der Waals surface area contributed by atoms with Gasteiger partial charge in [0.2, 0.25) is 0 Å². The molecule has 0 saturated carbocycles. The van der Waals surface area contributed by atoms with Crippen molar-refractivity contribution >= 4 is 17.6 Å². The number of carbonyl (C=O) groups is 1. The standard InChI is InChI=1S/C13H17ClN2O3/c1-3-18-11(17)9-8-15-12(16-10(9)7-14)13(2)5-4-6-19-13/h8H,3-7H2,1-2H3. The highest BCUT2D eigenvalue weighted by Crippen LogP contribution is 2.33. The third-order valence-corrected chi connectivity index (χ3v) is 3.43. The first-order valence-electron chi connectivity index (χ1n) is 6.34. The third kappa shape index (κ3) is 2.87. The maximum absolute atomic E-state index is 11.7. The summed E-state index contributed by atoms with van der Waals surface area (Å²) in [4.78, 5) is 20.4. The van der Waals surface area contributed by atoms with Crippen molar-refractivity contribution in [1.82, 2.24) is 9.97 Å². The zero-order valence-corrected chi connectivity index (χ0v) is 11.9. The van der Waals surface area contributed by atoms with Gasteiger partial charge < -0.3 is 9.47 Å². The number of ether oxygens (including phenoxy) is 2. The minimum absolute atomic E-state index is 0.139. The maximum atomic E-state index is 11.7. The molecule has 0 aromatic carbocycles. The van der Waals surface area contributed by atoms with Crippen LogP contribution >= 0.6 is 11.6 Å². The van der Waals surface area contributed by atoms with Gasteiger partial charge >= 0.3 is 5.97 Å². The fourth-order valence-electron chi connectivity index (χ4n) is 2.11. The van der Waals surface area contributed by atoms with Gasteiger partial charge in [-0.1, -0.05) is 0 Å². The molecule has 0 spiro atoms. The number of hydrogen-bond acceptors (Lipinski definition) is 5. The molecule has 0 radical (unpaired) electrons. The summed E-state index contributed by atoms with van der Waals surface area (Å²) in [5, 5.41) is 0. The Kier molecular flexibility index (Phi) is 4.37. The van der Waals surface area contributed by atoms with Gasteiger partial charge in [0.05, 0.1) is 18.2 Å². The normalized spacial score (nSPS) is 22.5. The van der Waals surface area contributed by atoms with Gasteiger partial charge in [-0.2, -0.15) is 0 Å². The van der Waals surface area contributed by atoms with Crippen LogP contribution in [0, 0.1) is 0 Å². The predicted octanol–water partition coefficient (Wildman–Crippen LogP) is 2.42. The van der Waals surface area contributed by atoms with Crippen LogP contribution in [0.3, 0.4) is 0 Å². The summed E-state index contributed by atoms with van der Waals surface area (Å²) in [6.07, 6.45) is 3.33. The summed E-state index contributed by atoms with van der Waals surface area (Å²) in [7, 11) is 0. The fourth-order valence-corrected chi connectivity index (χ4v) is 2.31. The number of nitrogens with zero attached hydrogens (tertiary/aromatic N) is 2. The molecule has 6 heteroatoms. The largest absolute Gasteiger partial charge is 0.462 e. The zero-order chi connectivity index (χ0) is 13.9. The van der Waals surface area contributed by atoms with Crippen molar-refractivity contribution < 1.29 is 14.3 Å².